The van der Waals surface area contributed by atoms with Crippen LogP contribution in [-0.4, -0.2) is 15.5 Å². The summed E-state index contributed by atoms with van der Waals surface area (Å²) in [6.07, 6.45) is 0. The minimum atomic E-state index is -3.79. The standard InChI is InChI=1S/C9H9ClN2O3S/c1-5-6-3-4-7(15-2)8(10)9(6)16(13,14)12-11-5/h3-5H,1-2H3. The van der Waals surface area contributed by atoms with Crippen LogP contribution in [0.1, 0.15) is 18.5 Å². The highest BCUT2D eigenvalue weighted by molar-refractivity contribution is 7.90. The first-order chi connectivity index (χ1) is 7.47. The molecular formula is C9H9ClN2O3S. The highest BCUT2D eigenvalue weighted by Gasteiger charge is 2.30. The van der Waals surface area contributed by atoms with Crippen LogP contribution in [0.5, 0.6) is 5.75 Å². The van der Waals surface area contributed by atoms with Gasteiger partial charge in [0.2, 0.25) is 0 Å². The number of benzene rings is 1. The molecule has 0 aliphatic carbocycles. The second kappa shape index (κ2) is 3.71. The van der Waals surface area contributed by atoms with Gasteiger partial charge >= 0.3 is 10.0 Å². The van der Waals surface area contributed by atoms with Gasteiger partial charge in [-0.05, 0) is 13.0 Å². The Morgan fingerprint density at radius 3 is 2.75 bits per heavy atom. The van der Waals surface area contributed by atoms with E-state index in [0.29, 0.717) is 11.3 Å². The minimum absolute atomic E-state index is 0.00369. The number of methoxy groups -OCH3 is 1. The third-order valence-corrected chi connectivity index (χ3v) is 4.10. The van der Waals surface area contributed by atoms with Gasteiger partial charge in [0.15, 0.2) is 0 Å². The summed E-state index contributed by atoms with van der Waals surface area (Å²) in [6, 6.07) is 2.94. The zero-order valence-corrected chi connectivity index (χ0v) is 10.2. The van der Waals surface area contributed by atoms with Crippen LogP contribution >= 0.6 is 11.6 Å². The molecule has 1 unspecified atom stereocenters. The molecule has 86 valence electrons. The molecule has 1 aromatic carbocycles. The summed E-state index contributed by atoms with van der Waals surface area (Å²) in [6.45, 7) is 1.75. The Labute approximate surface area is 98.1 Å². The Balaban J connectivity index is 2.81. The molecule has 0 fully saturated rings. The minimum Gasteiger partial charge on any atom is -0.495 e. The normalized spacial score (nSPS) is 21.6. The molecule has 16 heavy (non-hydrogen) atoms. The lowest BCUT2D eigenvalue weighted by Crippen LogP contribution is -2.09. The highest BCUT2D eigenvalue weighted by atomic mass is 35.5. The highest BCUT2D eigenvalue weighted by Crippen LogP contribution is 2.40. The number of fused-ring (bicyclic) bond motifs is 1. The molecule has 5 nitrogen and oxygen atoms in total. The summed E-state index contributed by atoms with van der Waals surface area (Å²) < 4.78 is 31.7. The van der Waals surface area contributed by atoms with Crippen LogP contribution in [0, 0.1) is 0 Å². The van der Waals surface area contributed by atoms with Crippen molar-refractivity contribution >= 4 is 21.6 Å². The van der Waals surface area contributed by atoms with Crippen LogP contribution in [0.25, 0.3) is 0 Å². The van der Waals surface area contributed by atoms with E-state index < -0.39 is 10.0 Å². The smallest absolute Gasteiger partial charge is 0.301 e. The van der Waals surface area contributed by atoms with Crippen molar-refractivity contribution < 1.29 is 13.2 Å². The van der Waals surface area contributed by atoms with Gasteiger partial charge in [-0.2, -0.15) is 13.5 Å². The summed E-state index contributed by atoms with van der Waals surface area (Å²) in [4.78, 5) is -0.00369. The average molecular weight is 261 g/mol. The fourth-order valence-corrected chi connectivity index (χ4v) is 3.29. The zero-order chi connectivity index (χ0) is 11.9. The van der Waals surface area contributed by atoms with Crippen LogP contribution in [-0.2, 0) is 10.0 Å². The van der Waals surface area contributed by atoms with Crippen LogP contribution in [0.15, 0.2) is 26.7 Å². The van der Waals surface area contributed by atoms with Gasteiger partial charge < -0.3 is 4.74 Å². The van der Waals surface area contributed by atoms with Gasteiger partial charge in [0, 0.05) is 5.56 Å². The second-order valence-electron chi connectivity index (χ2n) is 3.35. The fourth-order valence-electron chi connectivity index (χ4n) is 1.54. The number of hydrogen-bond donors (Lipinski definition) is 0. The lowest BCUT2D eigenvalue weighted by Gasteiger charge is -2.17. The van der Waals surface area contributed by atoms with E-state index in [1.807, 2.05) is 0 Å². The lowest BCUT2D eigenvalue weighted by atomic mass is 10.1. The third kappa shape index (κ3) is 1.58. The quantitative estimate of drug-likeness (QED) is 0.779. The molecule has 0 bridgehead atoms. The molecule has 7 heteroatoms. The van der Waals surface area contributed by atoms with Crippen molar-refractivity contribution in [3.63, 3.8) is 0 Å². The first kappa shape index (κ1) is 11.3. The number of halogens is 1. The molecule has 2 rings (SSSR count). The largest absolute Gasteiger partial charge is 0.495 e. The van der Waals surface area contributed by atoms with Crippen molar-refractivity contribution in [3.8, 4) is 5.75 Å². The molecule has 1 aromatic rings. The Hall–Kier alpha value is -1.14. The first-order valence-corrected chi connectivity index (χ1v) is 6.32. The SMILES string of the molecule is COc1ccc2c(c1Cl)S(=O)(=O)N=NC2C. The molecule has 1 atom stereocenters. The van der Waals surface area contributed by atoms with Crippen molar-refractivity contribution in [1.29, 1.82) is 0 Å². The Morgan fingerprint density at radius 1 is 1.44 bits per heavy atom. The number of ether oxygens (including phenoxy) is 1. The van der Waals surface area contributed by atoms with E-state index in [0.717, 1.165) is 0 Å². The number of rotatable bonds is 1. The van der Waals surface area contributed by atoms with Crippen molar-refractivity contribution in [2.24, 2.45) is 9.63 Å². The molecule has 0 saturated heterocycles. The van der Waals surface area contributed by atoms with E-state index in [2.05, 4.69) is 9.63 Å². The maximum Gasteiger partial charge on any atom is 0.301 e. The molecule has 1 aliphatic rings. The van der Waals surface area contributed by atoms with E-state index in [9.17, 15) is 8.42 Å². The van der Waals surface area contributed by atoms with Gasteiger partial charge in [-0.25, -0.2) is 0 Å². The van der Waals surface area contributed by atoms with Gasteiger partial charge in [-0.3, -0.25) is 0 Å². The molecule has 0 saturated carbocycles. The summed E-state index contributed by atoms with van der Waals surface area (Å²) in [7, 11) is -2.37. The topological polar surface area (TPSA) is 68.1 Å². The van der Waals surface area contributed by atoms with Gasteiger partial charge in [0.1, 0.15) is 15.7 Å². The summed E-state index contributed by atoms with van der Waals surface area (Å²) in [5, 5.41) is 3.72. The lowest BCUT2D eigenvalue weighted by molar-refractivity contribution is 0.413. The summed E-state index contributed by atoms with van der Waals surface area (Å²) in [5.41, 5.74) is 0.542. The van der Waals surface area contributed by atoms with Gasteiger partial charge in [-0.15, -0.1) is 0 Å². The third-order valence-electron chi connectivity index (χ3n) is 2.35. The fraction of sp³-hybridized carbons (Fsp3) is 0.333. The predicted molar refractivity (Wildman–Crippen MR) is 58.5 cm³/mol. The monoisotopic (exact) mass is 260 g/mol. The zero-order valence-electron chi connectivity index (χ0n) is 8.64. The van der Waals surface area contributed by atoms with E-state index in [1.54, 1.807) is 19.1 Å². The Kier molecular flexibility index (Phi) is 2.63. The molecule has 0 radical (unpaired) electrons. The van der Waals surface area contributed by atoms with Crippen molar-refractivity contribution in [1.82, 2.24) is 0 Å². The Morgan fingerprint density at radius 2 is 2.12 bits per heavy atom. The number of nitrogens with zero attached hydrogens (tertiary/aromatic N) is 2. The van der Waals surface area contributed by atoms with Gasteiger partial charge in [0.25, 0.3) is 0 Å². The molecular weight excluding hydrogens is 252 g/mol. The molecule has 1 heterocycles. The number of hydrogen-bond acceptors (Lipinski definition) is 4. The molecule has 0 amide bonds. The van der Waals surface area contributed by atoms with Crippen LogP contribution < -0.4 is 4.74 Å². The first-order valence-electron chi connectivity index (χ1n) is 4.51. The van der Waals surface area contributed by atoms with Crippen molar-refractivity contribution in [2.45, 2.75) is 17.9 Å². The maximum atomic E-state index is 11.7. The van der Waals surface area contributed by atoms with Gasteiger partial charge in [0.05, 0.1) is 13.2 Å². The number of sulfonamides is 1. The average Bonchev–Trinajstić information content (AvgIpc) is 2.24. The molecule has 0 N–H and O–H groups in total. The van der Waals surface area contributed by atoms with Crippen molar-refractivity contribution in [3.05, 3.63) is 22.7 Å². The molecule has 1 aliphatic heterocycles. The van der Waals surface area contributed by atoms with E-state index in [-0.39, 0.29) is 16.0 Å². The van der Waals surface area contributed by atoms with Crippen molar-refractivity contribution in [2.75, 3.05) is 7.11 Å². The van der Waals surface area contributed by atoms with Crippen LogP contribution in [0.2, 0.25) is 5.02 Å². The molecule has 0 aromatic heterocycles. The summed E-state index contributed by atoms with van der Waals surface area (Å²) in [5.74, 6) is 0.313. The molecule has 0 spiro atoms. The van der Waals surface area contributed by atoms with Crippen LogP contribution in [0.3, 0.4) is 0 Å². The summed E-state index contributed by atoms with van der Waals surface area (Å²) >= 11 is 5.97. The van der Waals surface area contributed by atoms with E-state index in [4.69, 9.17) is 16.3 Å². The predicted octanol–water partition coefficient (Wildman–Crippen LogP) is 2.56. The van der Waals surface area contributed by atoms with Crippen LogP contribution in [0.4, 0.5) is 0 Å². The van der Waals surface area contributed by atoms with Gasteiger partial charge in [-0.1, -0.05) is 22.2 Å². The maximum absolute atomic E-state index is 11.7. The van der Waals surface area contributed by atoms with E-state index in [1.165, 1.54) is 7.11 Å². The second-order valence-corrected chi connectivity index (χ2v) is 5.25. The Bertz CT molecular complexity index is 568. The van der Waals surface area contributed by atoms with E-state index >= 15 is 0 Å².